The van der Waals surface area contributed by atoms with Crippen molar-refractivity contribution in [1.82, 2.24) is 9.13 Å². The Labute approximate surface area is 134 Å². The molecule has 0 aliphatic heterocycles. The van der Waals surface area contributed by atoms with Crippen LogP contribution >= 0.6 is 0 Å². The van der Waals surface area contributed by atoms with Crippen LogP contribution in [0.25, 0.3) is 17.1 Å². The number of benzene rings is 2. The summed E-state index contributed by atoms with van der Waals surface area (Å²) in [6, 6.07) is 15.1. The first kappa shape index (κ1) is 15.0. The maximum Gasteiger partial charge on any atom is 0.203 e. The first-order valence-corrected chi connectivity index (χ1v) is 7.57. The van der Waals surface area contributed by atoms with Crippen LogP contribution in [0.3, 0.4) is 0 Å². The van der Waals surface area contributed by atoms with Crippen molar-refractivity contribution in [2.45, 2.75) is 13.5 Å². The lowest BCUT2D eigenvalue weighted by Gasteiger charge is -2.04. The molecule has 4 nitrogen and oxygen atoms in total. The van der Waals surface area contributed by atoms with Crippen molar-refractivity contribution in [3.05, 3.63) is 71.4 Å². The molecule has 23 heavy (non-hydrogen) atoms. The Kier molecular flexibility index (Phi) is 3.98. The number of rotatable bonds is 4. The van der Waals surface area contributed by atoms with Gasteiger partial charge in [0.15, 0.2) is 5.78 Å². The second-order valence-corrected chi connectivity index (χ2v) is 5.47. The molecule has 116 valence electrons. The average Bonchev–Trinajstić information content (AvgIpc) is 2.82. The van der Waals surface area contributed by atoms with E-state index >= 15 is 0 Å². The zero-order chi connectivity index (χ0) is 16.4. The van der Waals surface area contributed by atoms with E-state index in [0.29, 0.717) is 11.2 Å². The molecule has 0 radical (unpaired) electrons. The fourth-order valence-corrected chi connectivity index (χ4v) is 2.87. The number of aromatic nitrogens is 2. The van der Waals surface area contributed by atoms with Crippen LogP contribution in [0.4, 0.5) is 0 Å². The summed E-state index contributed by atoms with van der Waals surface area (Å²) in [6.45, 7) is 2.13. The lowest BCUT2D eigenvalue weighted by molar-refractivity contribution is 0.0971. The number of ketones is 1. The van der Waals surface area contributed by atoms with Crippen molar-refractivity contribution in [3.63, 3.8) is 0 Å². The largest absolute Gasteiger partial charge is 0.313 e. The third-order valence-electron chi connectivity index (χ3n) is 3.99. The van der Waals surface area contributed by atoms with E-state index in [-0.39, 0.29) is 12.3 Å². The zero-order valence-corrected chi connectivity index (χ0v) is 13.3. The van der Waals surface area contributed by atoms with Gasteiger partial charge in [0, 0.05) is 18.2 Å². The highest BCUT2D eigenvalue weighted by Crippen LogP contribution is 2.19. The molecule has 1 N–H and O–H groups in total. The maximum absolute atomic E-state index is 12.5. The normalized spacial score (nSPS) is 11.4. The molecular formula is C19H19N3O. The number of aryl methyl sites for hydroxylation is 1. The Morgan fingerprint density at radius 1 is 1.13 bits per heavy atom. The van der Waals surface area contributed by atoms with Crippen LogP contribution in [0.1, 0.15) is 22.8 Å². The Morgan fingerprint density at radius 2 is 1.87 bits per heavy atom. The minimum atomic E-state index is 0.00744. The van der Waals surface area contributed by atoms with Crippen LogP contribution in [0.2, 0.25) is 0 Å². The smallest absolute Gasteiger partial charge is 0.203 e. The number of Topliss-reactive ketones (excluding diaryl/α,β-unsaturated/α-hetero) is 1. The third-order valence-corrected chi connectivity index (χ3v) is 3.99. The third kappa shape index (κ3) is 2.63. The molecule has 0 aliphatic rings. The van der Waals surface area contributed by atoms with E-state index in [1.807, 2.05) is 79.2 Å². The minimum absolute atomic E-state index is 0.00744. The fraction of sp³-hybridized carbons (Fsp3) is 0.158. The maximum atomic E-state index is 12.5. The predicted octanol–water partition coefficient (Wildman–Crippen LogP) is 3.38. The van der Waals surface area contributed by atoms with E-state index in [4.69, 9.17) is 5.41 Å². The number of hydrogen-bond donors (Lipinski definition) is 1. The number of nitrogens with one attached hydrogen (secondary N) is 1. The van der Waals surface area contributed by atoms with E-state index < -0.39 is 0 Å². The van der Waals surface area contributed by atoms with E-state index in [0.717, 1.165) is 16.6 Å². The summed E-state index contributed by atoms with van der Waals surface area (Å²) in [5, 5.41) is 8.36. The van der Waals surface area contributed by atoms with Gasteiger partial charge in [-0.25, -0.2) is 0 Å². The minimum Gasteiger partial charge on any atom is -0.313 e. The SMILES string of the molecule is C/C=C/c1cccc2c1n(C)c(=N)n2CC(=O)c1ccccc1. The van der Waals surface area contributed by atoms with Crippen molar-refractivity contribution in [2.24, 2.45) is 7.05 Å². The zero-order valence-electron chi connectivity index (χ0n) is 13.3. The van der Waals surface area contributed by atoms with Crippen molar-refractivity contribution in [3.8, 4) is 0 Å². The van der Waals surface area contributed by atoms with Crippen LogP contribution in [0.15, 0.2) is 54.6 Å². The van der Waals surface area contributed by atoms with Gasteiger partial charge in [-0.3, -0.25) is 10.2 Å². The van der Waals surface area contributed by atoms with Gasteiger partial charge in [-0.05, 0) is 13.0 Å². The van der Waals surface area contributed by atoms with Gasteiger partial charge >= 0.3 is 0 Å². The topological polar surface area (TPSA) is 50.8 Å². The van der Waals surface area contributed by atoms with Crippen LogP contribution < -0.4 is 5.62 Å². The average molecular weight is 305 g/mol. The number of carbonyl (C=O) groups is 1. The number of carbonyl (C=O) groups excluding carboxylic acids is 1. The Morgan fingerprint density at radius 3 is 2.57 bits per heavy atom. The van der Waals surface area contributed by atoms with E-state index in [9.17, 15) is 4.79 Å². The molecule has 1 aromatic heterocycles. The second-order valence-electron chi connectivity index (χ2n) is 5.47. The quantitative estimate of drug-likeness (QED) is 0.738. The number of nitrogens with zero attached hydrogens (tertiary/aromatic N) is 2. The molecule has 0 bridgehead atoms. The summed E-state index contributed by atoms with van der Waals surface area (Å²) >= 11 is 0. The van der Waals surface area contributed by atoms with Gasteiger partial charge in [0.1, 0.15) is 0 Å². The van der Waals surface area contributed by atoms with Crippen LogP contribution in [0, 0.1) is 5.41 Å². The Balaban J connectivity index is 2.12. The molecule has 0 spiro atoms. The van der Waals surface area contributed by atoms with Crippen LogP contribution in [-0.2, 0) is 13.6 Å². The highest BCUT2D eigenvalue weighted by atomic mass is 16.1. The highest BCUT2D eigenvalue weighted by molar-refractivity contribution is 5.97. The summed E-state index contributed by atoms with van der Waals surface area (Å²) in [4.78, 5) is 12.5. The van der Waals surface area contributed by atoms with E-state index in [2.05, 4.69) is 0 Å². The van der Waals surface area contributed by atoms with Crippen molar-refractivity contribution in [2.75, 3.05) is 0 Å². The fourth-order valence-electron chi connectivity index (χ4n) is 2.87. The summed E-state index contributed by atoms with van der Waals surface area (Å²) in [7, 11) is 1.86. The van der Waals surface area contributed by atoms with Crippen molar-refractivity contribution < 1.29 is 4.79 Å². The summed E-state index contributed by atoms with van der Waals surface area (Å²) in [6.07, 6.45) is 4.00. The van der Waals surface area contributed by atoms with Gasteiger partial charge in [-0.1, -0.05) is 54.6 Å². The molecule has 0 amide bonds. The molecule has 3 aromatic rings. The van der Waals surface area contributed by atoms with Gasteiger partial charge < -0.3 is 9.13 Å². The summed E-state index contributed by atoms with van der Waals surface area (Å²) < 4.78 is 3.58. The van der Waals surface area contributed by atoms with E-state index in [1.165, 1.54) is 0 Å². The number of allylic oxidation sites excluding steroid dienone is 1. The van der Waals surface area contributed by atoms with Gasteiger partial charge in [0.25, 0.3) is 0 Å². The molecule has 0 aliphatic carbocycles. The van der Waals surface area contributed by atoms with Gasteiger partial charge in [0.2, 0.25) is 5.62 Å². The van der Waals surface area contributed by atoms with Gasteiger partial charge in [-0.2, -0.15) is 0 Å². The number of hydrogen-bond acceptors (Lipinski definition) is 2. The number of para-hydroxylation sites is 1. The summed E-state index contributed by atoms with van der Waals surface area (Å²) in [5.74, 6) is 0.00744. The van der Waals surface area contributed by atoms with Gasteiger partial charge in [0.05, 0.1) is 17.6 Å². The molecular weight excluding hydrogens is 286 g/mol. The standard InChI is InChI=1S/C19H19N3O/c1-3-8-15-11-7-12-16-18(15)21(2)19(20)22(16)13-17(23)14-9-5-4-6-10-14/h3-12,20H,13H2,1-2H3/b8-3+,20-19?. The predicted molar refractivity (Wildman–Crippen MR) is 92.2 cm³/mol. The molecule has 0 unspecified atom stereocenters. The molecule has 0 atom stereocenters. The highest BCUT2D eigenvalue weighted by Gasteiger charge is 2.14. The van der Waals surface area contributed by atoms with Crippen molar-refractivity contribution >= 4 is 22.9 Å². The summed E-state index contributed by atoms with van der Waals surface area (Å²) in [5.41, 5.74) is 3.91. The lowest BCUT2D eigenvalue weighted by Crippen LogP contribution is -2.25. The molecule has 0 saturated heterocycles. The van der Waals surface area contributed by atoms with Crippen LogP contribution in [0.5, 0.6) is 0 Å². The number of imidazole rings is 1. The molecule has 3 rings (SSSR count). The van der Waals surface area contributed by atoms with Gasteiger partial charge in [-0.15, -0.1) is 0 Å². The monoisotopic (exact) mass is 305 g/mol. The molecule has 4 heteroatoms. The lowest BCUT2D eigenvalue weighted by atomic mass is 10.1. The molecule has 1 heterocycles. The van der Waals surface area contributed by atoms with E-state index in [1.54, 1.807) is 4.57 Å². The van der Waals surface area contributed by atoms with Crippen LogP contribution in [-0.4, -0.2) is 14.9 Å². The Bertz CT molecular complexity index is 946. The van der Waals surface area contributed by atoms with Crippen molar-refractivity contribution in [1.29, 1.82) is 5.41 Å². The first-order chi connectivity index (χ1) is 11.1. The first-order valence-electron chi connectivity index (χ1n) is 7.57. The molecule has 0 saturated carbocycles. The molecule has 0 fully saturated rings. The Hall–Kier alpha value is -2.88. The number of fused-ring (bicyclic) bond motifs is 1. The molecule has 2 aromatic carbocycles. The second kappa shape index (κ2) is 6.08.